The highest BCUT2D eigenvalue weighted by Gasteiger charge is 1.90. The van der Waals surface area contributed by atoms with E-state index in [1.165, 1.54) is 6.08 Å². The Bertz CT molecular complexity index is 123. The highest BCUT2D eigenvalue weighted by Crippen LogP contribution is 1.73. The van der Waals surface area contributed by atoms with Gasteiger partial charge in [-0.05, 0) is 25.6 Å². The summed E-state index contributed by atoms with van der Waals surface area (Å²) >= 11 is 0. The number of rotatable bonds is 6. The van der Waals surface area contributed by atoms with E-state index in [0.29, 0.717) is 0 Å². The molecule has 0 saturated carbocycles. The van der Waals surface area contributed by atoms with Crippen molar-refractivity contribution in [2.45, 2.75) is 13.3 Å². The average molecular weight is 156 g/mol. The molecule has 0 bridgehead atoms. The summed E-state index contributed by atoms with van der Waals surface area (Å²) in [5.41, 5.74) is 0. The van der Waals surface area contributed by atoms with Crippen LogP contribution in [0.25, 0.3) is 0 Å². The van der Waals surface area contributed by atoms with Crippen molar-refractivity contribution >= 4 is 5.91 Å². The van der Waals surface area contributed by atoms with Crippen LogP contribution in [0.3, 0.4) is 0 Å². The van der Waals surface area contributed by atoms with Crippen molar-refractivity contribution in [3.05, 3.63) is 12.7 Å². The van der Waals surface area contributed by atoms with Gasteiger partial charge in [-0.2, -0.15) is 0 Å². The summed E-state index contributed by atoms with van der Waals surface area (Å²) in [5, 5.41) is 5.86. The Balaban J connectivity index is 3.01. The standard InChI is InChI=1S/C8H16N2O/c1-3-8(11)10-7-5-6-9-4-2/h3,9H,1,4-7H2,2H3,(H,10,11). The van der Waals surface area contributed by atoms with Gasteiger partial charge in [0.15, 0.2) is 0 Å². The number of carbonyl (C=O) groups is 1. The molecule has 64 valence electrons. The highest BCUT2D eigenvalue weighted by atomic mass is 16.1. The molecule has 0 saturated heterocycles. The predicted octanol–water partition coefficient (Wildman–Crippen LogP) is 0.288. The van der Waals surface area contributed by atoms with E-state index in [2.05, 4.69) is 24.1 Å². The maximum absolute atomic E-state index is 10.6. The van der Waals surface area contributed by atoms with Crippen molar-refractivity contribution in [1.82, 2.24) is 10.6 Å². The summed E-state index contributed by atoms with van der Waals surface area (Å²) in [7, 11) is 0. The third-order valence-electron chi connectivity index (χ3n) is 1.26. The van der Waals surface area contributed by atoms with Crippen molar-refractivity contribution in [2.75, 3.05) is 19.6 Å². The molecule has 0 aliphatic heterocycles. The minimum atomic E-state index is -0.0958. The monoisotopic (exact) mass is 156 g/mol. The van der Waals surface area contributed by atoms with Gasteiger partial charge >= 0.3 is 0 Å². The van der Waals surface area contributed by atoms with Gasteiger partial charge in [0, 0.05) is 6.54 Å². The van der Waals surface area contributed by atoms with E-state index >= 15 is 0 Å². The lowest BCUT2D eigenvalue weighted by Gasteiger charge is -2.01. The highest BCUT2D eigenvalue weighted by molar-refractivity contribution is 5.86. The third-order valence-corrected chi connectivity index (χ3v) is 1.26. The lowest BCUT2D eigenvalue weighted by molar-refractivity contribution is -0.116. The number of nitrogens with one attached hydrogen (secondary N) is 2. The van der Waals surface area contributed by atoms with Crippen LogP contribution in [-0.4, -0.2) is 25.5 Å². The third kappa shape index (κ3) is 7.06. The Labute approximate surface area is 67.9 Å². The number of hydrogen-bond acceptors (Lipinski definition) is 2. The van der Waals surface area contributed by atoms with Gasteiger partial charge in [0.25, 0.3) is 0 Å². The fourth-order valence-corrected chi connectivity index (χ4v) is 0.674. The van der Waals surface area contributed by atoms with Crippen LogP contribution in [-0.2, 0) is 4.79 Å². The van der Waals surface area contributed by atoms with Crippen LogP contribution < -0.4 is 10.6 Å². The molecule has 0 aliphatic carbocycles. The predicted molar refractivity (Wildman–Crippen MR) is 46.4 cm³/mol. The Morgan fingerprint density at radius 1 is 1.55 bits per heavy atom. The van der Waals surface area contributed by atoms with Crippen molar-refractivity contribution in [3.63, 3.8) is 0 Å². The smallest absolute Gasteiger partial charge is 0.243 e. The molecule has 3 nitrogen and oxygen atoms in total. The van der Waals surface area contributed by atoms with Gasteiger partial charge in [0.1, 0.15) is 0 Å². The van der Waals surface area contributed by atoms with Crippen molar-refractivity contribution in [3.8, 4) is 0 Å². The molecular weight excluding hydrogens is 140 g/mol. The summed E-state index contributed by atoms with van der Waals surface area (Å²) in [4.78, 5) is 10.6. The Kier molecular flexibility index (Phi) is 6.73. The van der Waals surface area contributed by atoms with Crippen LogP contribution >= 0.6 is 0 Å². The molecular formula is C8H16N2O. The maximum Gasteiger partial charge on any atom is 0.243 e. The second kappa shape index (κ2) is 7.28. The van der Waals surface area contributed by atoms with E-state index in [1.807, 2.05) is 0 Å². The number of hydrogen-bond donors (Lipinski definition) is 2. The first-order chi connectivity index (χ1) is 5.31. The topological polar surface area (TPSA) is 41.1 Å². The molecule has 0 spiro atoms. The second-order valence-electron chi connectivity index (χ2n) is 2.20. The molecule has 0 fully saturated rings. The maximum atomic E-state index is 10.6. The molecule has 0 heterocycles. The SMILES string of the molecule is C=CC(=O)NCCCNCC. The van der Waals surface area contributed by atoms with E-state index in [9.17, 15) is 4.79 Å². The van der Waals surface area contributed by atoms with Gasteiger partial charge in [0.05, 0.1) is 0 Å². The van der Waals surface area contributed by atoms with Crippen molar-refractivity contribution < 1.29 is 4.79 Å². The first-order valence-electron chi connectivity index (χ1n) is 3.92. The van der Waals surface area contributed by atoms with E-state index in [0.717, 1.165) is 26.1 Å². The van der Waals surface area contributed by atoms with Crippen molar-refractivity contribution in [1.29, 1.82) is 0 Å². The molecule has 0 aliphatic rings. The Hall–Kier alpha value is -0.830. The molecule has 0 aromatic heterocycles. The Morgan fingerprint density at radius 2 is 2.27 bits per heavy atom. The first-order valence-corrected chi connectivity index (χ1v) is 3.92. The van der Waals surface area contributed by atoms with E-state index in [-0.39, 0.29) is 5.91 Å². The Morgan fingerprint density at radius 3 is 2.82 bits per heavy atom. The van der Waals surface area contributed by atoms with Crippen LogP contribution in [0, 0.1) is 0 Å². The molecule has 0 aromatic carbocycles. The van der Waals surface area contributed by atoms with Crippen LogP contribution in [0.1, 0.15) is 13.3 Å². The minimum absolute atomic E-state index is 0.0958. The van der Waals surface area contributed by atoms with Gasteiger partial charge in [-0.3, -0.25) is 4.79 Å². The number of amides is 1. The van der Waals surface area contributed by atoms with E-state index in [4.69, 9.17) is 0 Å². The normalized spacial score (nSPS) is 9.18. The summed E-state index contributed by atoms with van der Waals surface area (Å²) in [6.07, 6.45) is 2.25. The lowest BCUT2D eigenvalue weighted by atomic mass is 10.4. The zero-order valence-corrected chi connectivity index (χ0v) is 7.02. The molecule has 0 unspecified atom stereocenters. The molecule has 0 atom stereocenters. The summed E-state index contributed by atoms with van der Waals surface area (Å²) in [6.45, 7) is 8.06. The van der Waals surface area contributed by atoms with Gasteiger partial charge in [-0.15, -0.1) is 0 Å². The average Bonchev–Trinajstić information content (AvgIpc) is 2.04. The molecule has 0 aromatic rings. The van der Waals surface area contributed by atoms with Crippen LogP contribution in [0.15, 0.2) is 12.7 Å². The van der Waals surface area contributed by atoms with Gasteiger partial charge < -0.3 is 10.6 Å². The minimum Gasteiger partial charge on any atom is -0.353 e. The van der Waals surface area contributed by atoms with E-state index < -0.39 is 0 Å². The largest absolute Gasteiger partial charge is 0.353 e. The molecule has 3 heteroatoms. The van der Waals surface area contributed by atoms with Gasteiger partial charge in [-0.25, -0.2) is 0 Å². The van der Waals surface area contributed by atoms with E-state index in [1.54, 1.807) is 0 Å². The molecule has 2 N–H and O–H groups in total. The molecule has 0 radical (unpaired) electrons. The van der Waals surface area contributed by atoms with Gasteiger partial charge in [-0.1, -0.05) is 13.5 Å². The van der Waals surface area contributed by atoms with Gasteiger partial charge in [0.2, 0.25) is 5.91 Å². The quantitative estimate of drug-likeness (QED) is 0.428. The van der Waals surface area contributed by atoms with Crippen LogP contribution in [0.4, 0.5) is 0 Å². The molecule has 0 rings (SSSR count). The van der Waals surface area contributed by atoms with Crippen LogP contribution in [0.2, 0.25) is 0 Å². The zero-order valence-electron chi connectivity index (χ0n) is 7.02. The zero-order chi connectivity index (χ0) is 8.53. The summed E-state index contributed by atoms with van der Waals surface area (Å²) in [5.74, 6) is -0.0958. The molecule has 1 amide bonds. The second-order valence-corrected chi connectivity index (χ2v) is 2.20. The summed E-state index contributed by atoms with van der Waals surface area (Å²) in [6, 6.07) is 0. The first kappa shape index (κ1) is 10.2. The fourth-order valence-electron chi connectivity index (χ4n) is 0.674. The lowest BCUT2D eigenvalue weighted by Crippen LogP contribution is -2.25. The molecule has 11 heavy (non-hydrogen) atoms. The fraction of sp³-hybridized carbons (Fsp3) is 0.625. The number of carbonyl (C=O) groups excluding carboxylic acids is 1. The van der Waals surface area contributed by atoms with Crippen LogP contribution in [0.5, 0.6) is 0 Å². The van der Waals surface area contributed by atoms with Crippen molar-refractivity contribution in [2.24, 2.45) is 0 Å². The summed E-state index contributed by atoms with van der Waals surface area (Å²) < 4.78 is 0.